The molecule has 4 rings (SSSR count). The van der Waals surface area contributed by atoms with E-state index in [4.69, 9.17) is 0 Å². The van der Waals surface area contributed by atoms with Crippen molar-refractivity contribution in [2.45, 2.75) is 17.9 Å². The van der Waals surface area contributed by atoms with Crippen LogP contribution in [0, 0.1) is 12.7 Å². The van der Waals surface area contributed by atoms with E-state index in [2.05, 4.69) is 5.32 Å². The lowest BCUT2D eigenvalue weighted by Gasteiger charge is -2.20. The molecule has 138 valence electrons. The summed E-state index contributed by atoms with van der Waals surface area (Å²) in [6.45, 7) is 2.19. The molecule has 1 unspecified atom stereocenters. The van der Waals surface area contributed by atoms with Crippen molar-refractivity contribution in [3.63, 3.8) is 0 Å². The van der Waals surface area contributed by atoms with E-state index in [-0.39, 0.29) is 23.3 Å². The number of para-hydroxylation sites is 1. The second-order valence-corrected chi connectivity index (χ2v) is 8.47. The highest BCUT2D eigenvalue weighted by atomic mass is 32.2. The average Bonchev–Trinajstić information content (AvgIpc) is 3.03. The van der Waals surface area contributed by atoms with Crippen LogP contribution in [0.3, 0.4) is 0 Å². The predicted octanol–water partition coefficient (Wildman–Crippen LogP) is 4.50. The largest absolute Gasteiger partial charge is 0.376 e. The Bertz CT molecular complexity index is 1060. The zero-order valence-electron chi connectivity index (χ0n) is 14.8. The zero-order valence-corrected chi connectivity index (χ0v) is 15.6. The van der Waals surface area contributed by atoms with Gasteiger partial charge in [0.1, 0.15) is 5.82 Å². The van der Waals surface area contributed by atoms with E-state index in [0.29, 0.717) is 5.69 Å². The Morgan fingerprint density at radius 3 is 2.33 bits per heavy atom. The van der Waals surface area contributed by atoms with Gasteiger partial charge in [0, 0.05) is 11.3 Å². The van der Waals surface area contributed by atoms with E-state index in [0.717, 1.165) is 16.8 Å². The molecular formula is C21H19FN2O2S. The molecule has 0 aromatic heterocycles. The number of anilines is 2. The fourth-order valence-corrected chi connectivity index (χ4v) is 4.81. The van der Waals surface area contributed by atoms with Gasteiger partial charge in [-0.25, -0.2) is 12.8 Å². The molecule has 1 atom stereocenters. The molecule has 1 aliphatic heterocycles. The van der Waals surface area contributed by atoms with Crippen molar-refractivity contribution in [2.75, 3.05) is 16.2 Å². The molecule has 1 heterocycles. The quantitative estimate of drug-likeness (QED) is 0.723. The van der Waals surface area contributed by atoms with Crippen LogP contribution < -0.4 is 9.62 Å². The lowest BCUT2D eigenvalue weighted by Crippen LogP contribution is -2.31. The van der Waals surface area contributed by atoms with Gasteiger partial charge in [0.2, 0.25) is 0 Å². The second kappa shape index (κ2) is 6.70. The number of hydrogen-bond donors (Lipinski definition) is 1. The smallest absolute Gasteiger partial charge is 0.264 e. The molecule has 0 saturated carbocycles. The maximum Gasteiger partial charge on any atom is 0.264 e. The molecular weight excluding hydrogens is 363 g/mol. The van der Waals surface area contributed by atoms with Gasteiger partial charge in [0.05, 0.1) is 23.2 Å². The van der Waals surface area contributed by atoms with Crippen LogP contribution in [0.1, 0.15) is 17.2 Å². The van der Waals surface area contributed by atoms with Crippen molar-refractivity contribution in [1.29, 1.82) is 0 Å². The Balaban J connectivity index is 1.69. The minimum Gasteiger partial charge on any atom is -0.376 e. The standard InChI is InChI=1S/C21H19FN2O2S/c1-15-6-12-18(13-7-15)27(25,26)24-14-20(19-4-2-3-5-21(19)24)23-17-10-8-16(22)9-11-17/h2-13,20,23H,14H2,1H3. The van der Waals surface area contributed by atoms with Crippen molar-refractivity contribution >= 4 is 21.4 Å². The Morgan fingerprint density at radius 1 is 0.963 bits per heavy atom. The summed E-state index contributed by atoms with van der Waals surface area (Å²) in [5.41, 5.74) is 3.31. The van der Waals surface area contributed by atoms with Crippen LogP contribution in [0.4, 0.5) is 15.8 Å². The molecule has 0 spiro atoms. The fraction of sp³-hybridized carbons (Fsp3) is 0.143. The molecule has 6 heteroatoms. The van der Waals surface area contributed by atoms with Crippen molar-refractivity contribution in [1.82, 2.24) is 0 Å². The summed E-state index contributed by atoms with van der Waals surface area (Å²) in [5, 5.41) is 3.31. The number of nitrogens with one attached hydrogen (secondary N) is 1. The lowest BCUT2D eigenvalue weighted by atomic mass is 10.1. The van der Waals surface area contributed by atoms with Crippen LogP contribution in [0.2, 0.25) is 0 Å². The molecule has 0 fully saturated rings. The third-order valence-corrected chi connectivity index (χ3v) is 6.52. The third-order valence-electron chi connectivity index (χ3n) is 4.72. The Morgan fingerprint density at radius 2 is 1.63 bits per heavy atom. The molecule has 0 aliphatic carbocycles. The van der Waals surface area contributed by atoms with Gasteiger partial charge < -0.3 is 5.32 Å². The number of benzene rings is 3. The highest BCUT2D eigenvalue weighted by molar-refractivity contribution is 7.92. The maximum atomic E-state index is 13.2. The molecule has 0 bridgehead atoms. The third kappa shape index (κ3) is 3.28. The predicted molar refractivity (Wildman–Crippen MR) is 105 cm³/mol. The van der Waals surface area contributed by atoms with Gasteiger partial charge in [-0.05, 0) is 49.4 Å². The van der Waals surface area contributed by atoms with Crippen molar-refractivity contribution in [3.8, 4) is 0 Å². The molecule has 0 radical (unpaired) electrons. The number of rotatable bonds is 4. The second-order valence-electron chi connectivity index (χ2n) is 6.61. The summed E-state index contributed by atoms with van der Waals surface area (Å²) in [7, 11) is -3.67. The van der Waals surface area contributed by atoms with Crippen LogP contribution in [0.25, 0.3) is 0 Å². The van der Waals surface area contributed by atoms with Gasteiger partial charge in [-0.1, -0.05) is 35.9 Å². The van der Waals surface area contributed by atoms with Crippen molar-refractivity contribution < 1.29 is 12.8 Å². The Labute approximate surface area is 158 Å². The minimum atomic E-state index is -3.67. The summed E-state index contributed by atoms with van der Waals surface area (Å²) in [6.07, 6.45) is 0. The van der Waals surface area contributed by atoms with E-state index in [1.807, 2.05) is 31.2 Å². The summed E-state index contributed by atoms with van der Waals surface area (Å²) in [5.74, 6) is -0.309. The molecule has 4 nitrogen and oxygen atoms in total. The minimum absolute atomic E-state index is 0.216. The fourth-order valence-electron chi connectivity index (χ4n) is 3.31. The van der Waals surface area contributed by atoms with Crippen LogP contribution in [-0.4, -0.2) is 15.0 Å². The highest BCUT2D eigenvalue weighted by Gasteiger charge is 2.36. The first-order valence-corrected chi connectivity index (χ1v) is 10.1. The van der Waals surface area contributed by atoms with Crippen molar-refractivity contribution in [2.24, 2.45) is 0 Å². The summed E-state index contributed by atoms with van der Waals surface area (Å²) < 4.78 is 41.0. The molecule has 3 aromatic rings. The Kier molecular flexibility index (Phi) is 4.36. The zero-order chi connectivity index (χ0) is 19.0. The number of fused-ring (bicyclic) bond motifs is 1. The van der Waals surface area contributed by atoms with Crippen LogP contribution in [-0.2, 0) is 10.0 Å². The molecule has 1 N–H and O–H groups in total. The molecule has 3 aromatic carbocycles. The molecule has 0 amide bonds. The van der Waals surface area contributed by atoms with Gasteiger partial charge in [0.25, 0.3) is 10.0 Å². The van der Waals surface area contributed by atoms with E-state index < -0.39 is 10.0 Å². The van der Waals surface area contributed by atoms with Crippen LogP contribution in [0.5, 0.6) is 0 Å². The number of sulfonamides is 1. The molecule has 0 saturated heterocycles. The van der Waals surface area contributed by atoms with Crippen molar-refractivity contribution in [3.05, 3.63) is 89.7 Å². The van der Waals surface area contributed by atoms with E-state index in [9.17, 15) is 12.8 Å². The van der Waals surface area contributed by atoms with E-state index in [1.165, 1.54) is 16.4 Å². The first-order valence-electron chi connectivity index (χ1n) is 8.65. The Hall–Kier alpha value is -2.86. The van der Waals surface area contributed by atoms with Gasteiger partial charge in [-0.3, -0.25) is 4.31 Å². The average molecular weight is 382 g/mol. The highest BCUT2D eigenvalue weighted by Crippen LogP contribution is 2.39. The number of hydrogen-bond acceptors (Lipinski definition) is 3. The van der Waals surface area contributed by atoms with Gasteiger partial charge in [0.15, 0.2) is 0 Å². The van der Waals surface area contributed by atoms with Gasteiger partial charge in [-0.2, -0.15) is 0 Å². The molecule has 1 aliphatic rings. The lowest BCUT2D eigenvalue weighted by molar-refractivity contribution is 0.590. The van der Waals surface area contributed by atoms with Gasteiger partial charge in [-0.15, -0.1) is 0 Å². The summed E-state index contributed by atoms with van der Waals surface area (Å²) in [6, 6.07) is 20.1. The topological polar surface area (TPSA) is 49.4 Å². The first-order chi connectivity index (χ1) is 12.9. The van der Waals surface area contributed by atoms with E-state index >= 15 is 0 Å². The summed E-state index contributed by atoms with van der Waals surface area (Å²) >= 11 is 0. The number of aryl methyl sites for hydroxylation is 1. The number of nitrogens with zero attached hydrogens (tertiary/aromatic N) is 1. The summed E-state index contributed by atoms with van der Waals surface area (Å²) in [4.78, 5) is 0.269. The van der Waals surface area contributed by atoms with E-state index in [1.54, 1.807) is 36.4 Å². The number of halogens is 1. The normalized spacial score (nSPS) is 16.2. The van der Waals surface area contributed by atoms with Gasteiger partial charge >= 0.3 is 0 Å². The molecule has 27 heavy (non-hydrogen) atoms. The van der Waals surface area contributed by atoms with Crippen LogP contribution >= 0.6 is 0 Å². The first kappa shape index (κ1) is 17.5. The SMILES string of the molecule is Cc1ccc(S(=O)(=O)N2CC(Nc3ccc(F)cc3)c3ccccc32)cc1. The van der Waals surface area contributed by atoms with Crippen LogP contribution in [0.15, 0.2) is 77.7 Å². The maximum absolute atomic E-state index is 13.2. The monoisotopic (exact) mass is 382 g/mol.